The molecule has 5 saturated heterocycles. The summed E-state index contributed by atoms with van der Waals surface area (Å²) in [6, 6.07) is 17.2. The molecule has 3 aromatic heterocycles. The number of urea groups is 1. The fourth-order valence-electron chi connectivity index (χ4n) is 12.1. The van der Waals surface area contributed by atoms with Gasteiger partial charge in [0.05, 0.1) is 29.0 Å². The lowest BCUT2D eigenvalue weighted by molar-refractivity contribution is -0.120. The van der Waals surface area contributed by atoms with Gasteiger partial charge in [-0.1, -0.05) is 12.1 Å². The maximum absolute atomic E-state index is 15.6. The van der Waals surface area contributed by atoms with Crippen molar-refractivity contribution >= 4 is 46.2 Å². The number of aromatic nitrogens is 4. The molecule has 2 bridgehead atoms. The largest absolute Gasteiger partial charge is 0.507 e. The number of aromatic hydroxyl groups is 1. The average molecular weight is 868 g/mol. The summed E-state index contributed by atoms with van der Waals surface area (Å²) in [5.41, 5.74) is 13.7. The number of amides is 3. The first-order valence-corrected chi connectivity index (χ1v) is 23.5. The normalized spacial score (nSPS) is 23.4. The monoisotopic (exact) mass is 867 g/mol. The number of carbonyl (C=O) groups is 2. The lowest BCUT2D eigenvalue weighted by Crippen LogP contribution is -2.54. The number of rotatable bonds is 8. The van der Waals surface area contributed by atoms with Gasteiger partial charge in [-0.15, -0.1) is 10.2 Å². The molecule has 334 valence electrons. The van der Waals surface area contributed by atoms with Crippen molar-refractivity contribution in [1.82, 2.24) is 29.8 Å². The van der Waals surface area contributed by atoms with Crippen LogP contribution in [0.15, 0.2) is 73.2 Å². The number of nitrogens with zero attached hydrogens (tertiary/aromatic N) is 9. The zero-order chi connectivity index (χ0) is 43.5. The number of likely N-dealkylation sites (tertiary alicyclic amines) is 1. The Labute approximate surface area is 373 Å². The van der Waals surface area contributed by atoms with Crippen molar-refractivity contribution in [2.24, 2.45) is 11.3 Å². The van der Waals surface area contributed by atoms with Crippen LogP contribution in [0.5, 0.6) is 5.75 Å². The van der Waals surface area contributed by atoms with Crippen LogP contribution in [0.4, 0.5) is 37.8 Å². The summed E-state index contributed by atoms with van der Waals surface area (Å²) >= 11 is 0. The highest BCUT2D eigenvalue weighted by atomic mass is 19.1. The van der Waals surface area contributed by atoms with E-state index in [1.165, 1.54) is 44.1 Å². The van der Waals surface area contributed by atoms with Gasteiger partial charge < -0.3 is 34.8 Å². The molecule has 2 atom stereocenters. The minimum absolute atomic E-state index is 0.143. The minimum atomic E-state index is -0.391. The third kappa shape index (κ3) is 7.64. The summed E-state index contributed by atoms with van der Waals surface area (Å²) in [6.45, 7) is 7.12. The number of piperazine rings is 1. The molecule has 11 rings (SSSR count). The van der Waals surface area contributed by atoms with E-state index >= 15 is 4.39 Å². The third-order valence-electron chi connectivity index (χ3n) is 15.8. The van der Waals surface area contributed by atoms with Gasteiger partial charge in [-0.05, 0) is 143 Å². The van der Waals surface area contributed by atoms with Crippen molar-refractivity contribution in [3.05, 3.63) is 84.6 Å². The van der Waals surface area contributed by atoms with E-state index in [0.29, 0.717) is 53.0 Å². The highest BCUT2D eigenvalue weighted by Gasteiger charge is 2.42. The van der Waals surface area contributed by atoms with Crippen molar-refractivity contribution in [2.75, 3.05) is 77.7 Å². The predicted octanol–water partition coefficient (Wildman–Crippen LogP) is 7.18. The molecule has 14 nitrogen and oxygen atoms in total. The average Bonchev–Trinajstić information content (AvgIpc) is 3.85. The van der Waals surface area contributed by atoms with Gasteiger partial charge in [0.1, 0.15) is 17.2 Å². The van der Waals surface area contributed by atoms with E-state index in [0.717, 1.165) is 94.2 Å². The van der Waals surface area contributed by atoms with Gasteiger partial charge in [-0.2, -0.15) is 0 Å². The van der Waals surface area contributed by atoms with Crippen molar-refractivity contribution in [2.45, 2.75) is 88.6 Å². The summed E-state index contributed by atoms with van der Waals surface area (Å²) in [5, 5.41) is 21.4. The number of para-hydroxylation sites is 1. The summed E-state index contributed by atoms with van der Waals surface area (Å²) in [6.07, 6.45) is 17.7. The molecule has 15 heteroatoms. The smallest absolute Gasteiger partial charge is 0.328 e. The van der Waals surface area contributed by atoms with E-state index in [4.69, 9.17) is 10.7 Å². The Morgan fingerprint density at radius 2 is 1.58 bits per heavy atom. The van der Waals surface area contributed by atoms with Gasteiger partial charge in [-0.25, -0.2) is 14.2 Å². The first kappa shape index (κ1) is 40.8. The Morgan fingerprint density at radius 1 is 0.812 bits per heavy atom. The number of benzene rings is 2. The molecule has 5 aromatic rings. The topological polar surface area (TPSA) is 152 Å². The van der Waals surface area contributed by atoms with Gasteiger partial charge in [0.25, 0.3) is 0 Å². The standard InChI is InChI=1S/C49H58FN11O3/c50-40-8-7-34(61-35-5-6-36(61)30-59(29-35)43-26-41(54-55-46(43)51)39-3-1-2-4-44(39)62)25-42(40)57-19-11-32(12-20-57)28-56-23-17-49(18-24-56)15-9-33(10-16-49)38-13-21-58-31-37(27-52-47(38)58)60-22-14-45(63)53-48(60)64/h1-4,7-8,13,21,25-27,31-33,35-36,62H,5-6,9-12,14-20,22-24,28-30H2,(H2,51,55)(H,53,63,64). The maximum Gasteiger partial charge on any atom is 0.328 e. The van der Waals surface area contributed by atoms with E-state index < -0.39 is 6.03 Å². The van der Waals surface area contributed by atoms with Crippen LogP contribution in [-0.4, -0.2) is 106 Å². The second-order valence-electron chi connectivity index (χ2n) is 19.4. The number of anilines is 5. The molecule has 0 radical (unpaired) electrons. The fourth-order valence-corrected chi connectivity index (χ4v) is 12.1. The summed E-state index contributed by atoms with van der Waals surface area (Å²) in [7, 11) is 0. The van der Waals surface area contributed by atoms with Gasteiger partial charge >= 0.3 is 6.03 Å². The van der Waals surface area contributed by atoms with E-state index in [1.807, 2.05) is 34.9 Å². The number of hydrogen-bond acceptors (Lipinski definition) is 11. The number of fused-ring (bicyclic) bond motifs is 3. The molecule has 1 aliphatic carbocycles. The maximum atomic E-state index is 15.6. The lowest BCUT2D eigenvalue weighted by Gasteiger charge is -2.47. The lowest BCUT2D eigenvalue weighted by atomic mass is 9.64. The summed E-state index contributed by atoms with van der Waals surface area (Å²) < 4.78 is 17.7. The quantitative estimate of drug-likeness (QED) is 0.146. The third-order valence-corrected chi connectivity index (χ3v) is 15.8. The van der Waals surface area contributed by atoms with Gasteiger partial charge in [0.2, 0.25) is 5.91 Å². The van der Waals surface area contributed by atoms with Crippen molar-refractivity contribution in [3.8, 4) is 17.0 Å². The van der Waals surface area contributed by atoms with Gasteiger partial charge in [0.15, 0.2) is 5.82 Å². The second kappa shape index (κ2) is 16.5. The first-order valence-electron chi connectivity index (χ1n) is 23.5. The van der Waals surface area contributed by atoms with Crippen LogP contribution in [0.1, 0.15) is 82.1 Å². The van der Waals surface area contributed by atoms with E-state index in [9.17, 15) is 14.7 Å². The number of phenols is 1. The second-order valence-corrected chi connectivity index (χ2v) is 19.4. The number of carbonyl (C=O) groups excluding carboxylic acids is 2. The number of halogens is 1. The van der Waals surface area contributed by atoms with E-state index in [-0.39, 0.29) is 29.6 Å². The highest BCUT2D eigenvalue weighted by Crippen LogP contribution is 2.50. The van der Waals surface area contributed by atoms with Crippen molar-refractivity contribution in [3.63, 3.8) is 0 Å². The van der Waals surface area contributed by atoms with E-state index in [1.54, 1.807) is 29.3 Å². The SMILES string of the molecule is Nc1nnc(-c2ccccc2O)cc1N1CC2CCC(C1)N2c1ccc(F)c(N2CCC(CN3CCC4(CCC(c5ccn6cc(N7CCC(=O)NC7=O)cnc56)CC4)CC3)CC2)c1. The summed E-state index contributed by atoms with van der Waals surface area (Å²) in [4.78, 5) is 40.2. The Balaban J connectivity index is 0.664. The van der Waals surface area contributed by atoms with Crippen LogP contribution in [0.3, 0.4) is 0 Å². The zero-order valence-electron chi connectivity index (χ0n) is 36.4. The Bertz CT molecular complexity index is 2540. The molecule has 6 fully saturated rings. The number of piperidine rings is 2. The van der Waals surface area contributed by atoms with E-state index in [2.05, 4.69) is 53.4 Å². The van der Waals surface area contributed by atoms with Gasteiger partial charge in [0, 0.05) is 81.4 Å². The molecule has 64 heavy (non-hydrogen) atoms. The fraction of sp³-hybridized carbons (Fsp3) is 0.490. The molecule has 1 saturated carbocycles. The van der Waals surface area contributed by atoms with Crippen LogP contribution in [0, 0.1) is 17.2 Å². The van der Waals surface area contributed by atoms with Crippen molar-refractivity contribution < 1.29 is 19.1 Å². The van der Waals surface area contributed by atoms with Crippen LogP contribution < -0.4 is 30.7 Å². The predicted molar refractivity (Wildman–Crippen MR) is 246 cm³/mol. The first-order chi connectivity index (χ1) is 31.2. The number of hydrogen-bond donors (Lipinski definition) is 3. The molecule has 6 aliphatic rings. The highest BCUT2D eigenvalue weighted by molar-refractivity contribution is 6.05. The van der Waals surface area contributed by atoms with Crippen LogP contribution in [-0.2, 0) is 4.79 Å². The number of nitrogens with two attached hydrogens (primary N) is 1. The Hall–Kier alpha value is -5.96. The molecular formula is C49H58FN11O3. The molecule has 2 aromatic carbocycles. The van der Waals surface area contributed by atoms with Crippen molar-refractivity contribution in [1.29, 1.82) is 0 Å². The molecule has 3 amide bonds. The molecule has 5 aliphatic heterocycles. The van der Waals surface area contributed by atoms with Crippen LogP contribution in [0.2, 0.25) is 0 Å². The molecular weight excluding hydrogens is 810 g/mol. The van der Waals surface area contributed by atoms with Crippen LogP contribution in [0.25, 0.3) is 16.9 Å². The minimum Gasteiger partial charge on any atom is -0.507 e. The molecule has 2 unspecified atom stereocenters. The molecule has 8 heterocycles. The zero-order valence-corrected chi connectivity index (χ0v) is 36.4. The molecule has 4 N–H and O–H groups in total. The Kier molecular flexibility index (Phi) is 10.5. The van der Waals surface area contributed by atoms with Crippen LogP contribution >= 0.6 is 0 Å². The summed E-state index contributed by atoms with van der Waals surface area (Å²) in [5.74, 6) is 1.27. The number of phenolic OH excluding ortho intramolecular Hbond substituents is 1. The molecule has 1 spiro atoms. The number of nitrogen functional groups attached to an aromatic ring is 1. The van der Waals surface area contributed by atoms with Gasteiger partial charge in [-0.3, -0.25) is 15.0 Å². The number of nitrogens with one attached hydrogen (secondary N) is 1. The number of imide groups is 1. The Morgan fingerprint density at radius 3 is 2.33 bits per heavy atom.